The van der Waals surface area contributed by atoms with Crippen LogP contribution < -0.4 is 22.5 Å². The van der Waals surface area contributed by atoms with E-state index in [0.29, 0.717) is 11.2 Å². The highest BCUT2D eigenvalue weighted by Crippen LogP contribution is 2.06. The number of aromatic nitrogens is 8. The summed E-state index contributed by atoms with van der Waals surface area (Å²) in [6, 6.07) is 0. The van der Waals surface area contributed by atoms with Crippen LogP contribution in [0.25, 0.3) is 22.3 Å². The molecule has 0 spiro atoms. The zero-order valence-electron chi connectivity index (χ0n) is 18.3. The van der Waals surface area contributed by atoms with Crippen LogP contribution in [0.5, 0.6) is 0 Å². The van der Waals surface area contributed by atoms with E-state index in [1.807, 2.05) is 0 Å². The van der Waals surface area contributed by atoms with Crippen LogP contribution in [-0.4, -0.2) is 60.3 Å². The fraction of sp³-hybridized carbons (Fsp3) is 0.444. The maximum Gasteiger partial charge on any atom is 0.332 e. The van der Waals surface area contributed by atoms with Crippen LogP contribution in [0.4, 0.5) is 0 Å². The largest absolute Gasteiger partial charge is 0.394 e. The molecule has 0 aromatic carbocycles. The third-order valence-corrected chi connectivity index (χ3v) is 5.15. The fourth-order valence-electron chi connectivity index (χ4n) is 3.29. The fourth-order valence-corrected chi connectivity index (χ4v) is 3.29. The second kappa shape index (κ2) is 8.39. The van der Waals surface area contributed by atoms with Gasteiger partial charge in [-0.3, -0.25) is 27.9 Å². The summed E-state index contributed by atoms with van der Waals surface area (Å²) in [7, 11) is 7.67. The molecule has 32 heavy (non-hydrogen) atoms. The monoisotopic (exact) mass is 448 g/mol. The average molecular weight is 448 g/mol. The molecule has 0 aliphatic rings. The Bertz CT molecular complexity index is 1550. The van der Waals surface area contributed by atoms with Crippen LogP contribution in [0.1, 0.15) is 0 Å². The Morgan fingerprint density at radius 1 is 0.781 bits per heavy atom. The lowest BCUT2D eigenvalue weighted by molar-refractivity contribution is 0.0820. The first kappa shape index (κ1) is 22.9. The van der Waals surface area contributed by atoms with Crippen molar-refractivity contribution in [2.75, 3.05) is 6.61 Å². The first-order valence-electron chi connectivity index (χ1n) is 9.48. The molecule has 0 bridgehead atoms. The zero-order chi connectivity index (χ0) is 23.9. The predicted molar refractivity (Wildman–Crippen MR) is 115 cm³/mol. The third-order valence-electron chi connectivity index (χ3n) is 5.15. The molecule has 1 unspecified atom stereocenters. The molecule has 0 amide bonds. The van der Waals surface area contributed by atoms with Gasteiger partial charge in [-0.25, -0.2) is 19.6 Å². The van der Waals surface area contributed by atoms with Crippen molar-refractivity contribution >= 4 is 22.3 Å². The molecule has 4 heterocycles. The van der Waals surface area contributed by atoms with Crippen LogP contribution in [0.3, 0.4) is 0 Å². The van der Waals surface area contributed by atoms with Gasteiger partial charge in [0.15, 0.2) is 22.3 Å². The molecule has 0 saturated carbocycles. The van der Waals surface area contributed by atoms with Crippen molar-refractivity contribution in [1.82, 2.24) is 37.4 Å². The molecule has 4 aromatic heterocycles. The molecule has 0 radical (unpaired) electrons. The zero-order valence-corrected chi connectivity index (χ0v) is 18.3. The summed E-state index contributed by atoms with van der Waals surface area (Å²) in [5.74, 6) is 0. The highest BCUT2D eigenvalue weighted by atomic mass is 16.3. The van der Waals surface area contributed by atoms with Crippen molar-refractivity contribution in [3.05, 3.63) is 54.3 Å². The molecular weight excluding hydrogens is 424 g/mol. The first-order chi connectivity index (χ1) is 15.0. The lowest BCUT2D eigenvalue weighted by atomic mass is 10.3. The number of rotatable bonds is 3. The third kappa shape index (κ3) is 3.58. The Balaban J connectivity index is 0.000000186. The van der Waals surface area contributed by atoms with Gasteiger partial charge in [0.2, 0.25) is 0 Å². The SMILES string of the molecule is Cn1c(=O)c2c(ncn2C)n(C)c1=O.Cn1c(=O)c2c(ncn2CC(O)CO)n(C)c1=O. The van der Waals surface area contributed by atoms with Crippen LogP contribution in [0.15, 0.2) is 31.8 Å². The number of hydrogen-bond donors (Lipinski definition) is 2. The predicted octanol–water partition coefficient (Wildman–Crippen LogP) is -3.24. The Kier molecular flexibility index (Phi) is 6.00. The van der Waals surface area contributed by atoms with E-state index < -0.39 is 24.0 Å². The van der Waals surface area contributed by atoms with E-state index in [1.165, 1.54) is 47.5 Å². The van der Waals surface area contributed by atoms with Crippen molar-refractivity contribution in [2.45, 2.75) is 12.6 Å². The standard InChI is InChI=1S/C10H14N4O4.C8H10N4O2/c1-12-8-7(9(17)13(2)10(12)18)14(5-11-8)3-6(16)4-15;1-10-4-9-6-5(10)7(13)12(3)8(14)11(6)2/h5-6,15-16H,3-4H2,1-2H3;4H,1-3H3. The molecule has 0 fully saturated rings. The Labute approximate surface area is 179 Å². The minimum absolute atomic E-state index is 0.0421. The van der Waals surface area contributed by atoms with E-state index in [0.717, 1.165) is 9.13 Å². The Morgan fingerprint density at radius 2 is 1.25 bits per heavy atom. The maximum atomic E-state index is 12.0. The number of imidazole rings is 2. The first-order valence-corrected chi connectivity index (χ1v) is 9.48. The van der Waals surface area contributed by atoms with Gasteiger partial charge >= 0.3 is 11.4 Å². The minimum atomic E-state index is -0.982. The number of nitrogens with zero attached hydrogens (tertiary/aromatic N) is 8. The topological polar surface area (TPSA) is 164 Å². The van der Waals surface area contributed by atoms with E-state index in [4.69, 9.17) is 5.11 Å². The summed E-state index contributed by atoms with van der Waals surface area (Å²) in [5.41, 5.74) is -0.268. The molecule has 0 aliphatic heterocycles. The van der Waals surface area contributed by atoms with Gasteiger partial charge in [0.05, 0.1) is 31.9 Å². The quantitative estimate of drug-likeness (QED) is 0.330. The van der Waals surface area contributed by atoms with Crippen LogP contribution in [0, 0.1) is 0 Å². The minimum Gasteiger partial charge on any atom is -0.394 e. The van der Waals surface area contributed by atoms with Crippen molar-refractivity contribution in [3.8, 4) is 0 Å². The molecule has 14 nitrogen and oxygen atoms in total. The smallest absolute Gasteiger partial charge is 0.332 e. The van der Waals surface area contributed by atoms with Gasteiger partial charge in [-0.1, -0.05) is 0 Å². The van der Waals surface area contributed by atoms with Gasteiger partial charge in [-0.15, -0.1) is 0 Å². The molecule has 4 aromatic rings. The van der Waals surface area contributed by atoms with Crippen molar-refractivity contribution in [1.29, 1.82) is 0 Å². The number of aliphatic hydroxyl groups is 2. The summed E-state index contributed by atoms with van der Waals surface area (Å²) in [5, 5.41) is 18.2. The maximum absolute atomic E-state index is 12.0. The average Bonchev–Trinajstić information content (AvgIpc) is 3.37. The second-order valence-electron chi connectivity index (χ2n) is 7.34. The van der Waals surface area contributed by atoms with Gasteiger partial charge in [-0.05, 0) is 0 Å². The lowest BCUT2D eigenvalue weighted by Crippen LogP contribution is -2.38. The normalized spacial score (nSPS) is 12.2. The van der Waals surface area contributed by atoms with E-state index in [2.05, 4.69) is 9.97 Å². The van der Waals surface area contributed by atoms with Gasteiger partial charge in [-0.2, -0.15) is 0 Å². The van der Waals surface area contributed by atoms with Crippen LogP contribution >= 0.6 is 0 Å². The number of aliphatic hydroxyl groups excluding tert-OH is 2. The highest BCUT2D eigenvalue weighted by Gasteiger charge is 2.16. The summed E-state index contributed by atoms with van der Waals surface area (Å²) < 4.78 is 7.71. The molecular formula is C18H24N8O6. The van der Waals surface area contributed by atoms with E-state index >= 15 is 0 Å². The van der Waals surface area contributed by atoms with Crippen molar-refractivity contribution < 1.29 is 10.2 Å². The van der Waals surface area contributed by atoms with Crippen LogP contribution in [0.2, 0.25) is 0 Å². The Hall–Kier alpha value is -3.78. The van der Waals surface area contributed by atoms with Crippen LogP contribution in [-0.2, 0) is 41.8 Å². The van der Waals surface area contributed by atoms with E-state index in [9.17, 15) is 24.3 Å². The summed E-state index contributed by atoms with van der Waals surface area (Å²) in [6.45, 7) is -0.369. The molecule has 14 heteroatoms. The summed E-state index contributed by atoms with van der Waals surface area (Å²) in [4.78, 5) is 54.8. The molecule has 0 saturated heterocycles. The Morgan fingerprint density at radius 3 is 1.78 bits per heavy atom. The molecule has 1 atom stereocenters. The number of aryl methyl sites for hydroxylation is 3. The van der Waals surface area contributed by atoms with E-state index in [-0.39, 0.29) is 29.0 Å². The van der Waals surface area contributed by atoms with E-state index in [1.54, 1.807) is 18.7 Å². The second-order valence-corrected chi connectivity index (χ2v) is 7.34. The van der Waals surface area contributed by atoms with Gasteiger partial charge in [0, 0.05) is 35.2 Å². The van der Waals surface area contributed by atoms with Crippen molar-refractivity contribution in [3.63, 3.8) is 0 Å². The number of fused-ring (bicyclic) bond motifs is 2. The molecule has 2 N–H and O–H groups in total. The van der Waals surface area contributed by atoms with Gasteiger partial charge in [0.25, 0.3) is 11.1 Å². The van der Waals surface area contributed by atoms with Gasteiger partial charge < -0.3 is 19.3 Å². The van der Waals surface area contributed by atoms with Gasteiger partial charge in [0.1, 0.15) is 0 Å². The lowest BCUT2D eigenvalue weighted by Gasteiger charge is -2.09. The molecule has 172 valence electrons. The summed E-state index contributed by atoms with van der Waals surface area (Å²) >= 11 is 0. The summed E-state index contributed by atoms with van der Waals surface area (Å²) in [6.07, 6.45) is 1.90. The molecule has 0 aliphatic carbocycles. The number of hydrogen-bond acceptors (Lipinski definition) is 8. The van der Waals surface area contributed by atoms with Crippen molar-refractivity contribution in [2.24, 2.45) is 35.2 Å². The highest BCUT2D eigenvalue weighted by molar-refractivity contribution is 5.70. The molecule has 4 rings (SSSR count).